The summed E-state index contributed by atoms with van der Waals surface area (Å²) >= 11 is 1.75. The van der Waals surface area contributed by atoms with Gasteiger partial charge in [-0.15, -0.1) is 11.8 Å². The first-order valence-corrected chi connectivity index (χ1v) is 11.9. The number of rotatable bonds is 10. The molecule has 0 atom stereocenters. The van der Waals surface area contributed by atoms with Gasteiger partial charge in [0.05, 0.1) is 0 Å². The number of nitrogens with zero attached hydrogens (tertiary/aromatic N) is 2. The lowest BCUT2D eigenvalue weighted by molar-refractivity contribution is -0.123. The summed E-state index contributed by atoms with van der Waals surface area (Å²) in [6.45, 7) is 1.65. The van der Waals surface area contributed by atoms with E-state index in [-0.39, 0.29) is 12.5 Å². The largest absolute Gasteiger partial charge is 0.484 e. The van der Waals surface area contributed by atoms with Crippen LogP contribution in [0.3, 0.4) is 0 Å². The highest BCUT2D eigenvalue weighted by atomic mass is 32.2. The van der Waals surface area contributed by atoms with Gasteiger partial charge < -0.3 is 20.3 Å². The van der Waals surface area contributed by atoms with Gasteiger partial charge in [0.1, 0.15) is 5.75 Å². The molecule has 0 radical (unpaired) electrons. The fraction of sp³-hybridized carbons (Fsp3) is 0.417. The fourth-order valence-electron chi connectivity index (χ4n) is 3.18. The van der Waals surface area contributed by atoms with Crippen molar-refractivity contribution in [1.82, 2.24) is 15.5 Å². The Morgan fingerprint density at radius 2 is 1.81 bits per heavy atom. The van der Waals surface area contributed by atoms with Crippen LogP contribution >= 0.6 is 11.8 Å². The van der Waals surface area contributed by atoms with Crippen LogP contribution in [0.25, 0.3) is 0 Å². The molecule has 2 N–H and O–H groups in total. The van der Waals surface area contributed by atoms with Gasteiger partial charge in [0.2, 0.25) is 0 Å². The Kier molecular flexibility index (Phi) is 8.64. The third-order valence-corrected chi connectivity index (χ3v) is 5.83. The summed E-state index contributed by atoms with van der Waals surface area (Å²) in [5, 5.41) is 6.35. The Bertz CT molecular complexity index is 864. The molecule has 2 aromatic carbocycles. The van der Waals surface area contributed by atoms with Gasteiger partial charge in [0.15, 0.2) is 12.6 Å². The lowest BCUT2D eigenvalue weighted by Crippen LogP contribution is -2.39. The fourth-order valence-corrected chi connectivity index (χ4v) is 3.59. The van der Waals surface area contributed by atoms with E-state index in [1.165, 1.54) is 16.0 Å². The monoisotopic (exact) mass is 440 g/mol. The highest BCUT2D eigenvalue weighted by molar-refractivity contribution is 7.98. The van der Waals surface area contributed by atoms with E-state index in [1.807, 2.05) is 31.3 Å². The Balaban J connectivity index is 1.39. The van der Waals surface area contributed by atoms with Gasteiger partial charge >= 0.3 is 0 Å². The standard InChI is InChI=1S/C24H32N4O2S/c1-25-24(28(2)16-19-6-12-22(31-3)13-7-19)26-15-14-18-4-10-21(11-5-18)30-17-23(29)27-20-8-9-20/h4-7,10-13,20H,8-9,14-17H2,1-3H3,(H,25,26)(H,27,29). The normalized spacial score (nSPS) is 13.6. The summed E-state index contributed by atoms with van der Waals surface area (Å²) in [6, 6.07) is 16.9. The molecule has 1 fully saturated rings. The zero-order valence-corrected chi connectivity index (χ0v) is 19.4. The van der Waals surface area contributed by atoms with Gasteiger partial charge in [-0.1, -0.05) is 24.3 Å². The van der Waals surface area contributed by atoms with Gasteiger partial charge in [-0.3, -0.25) is 9.79 Å². The zero-order valence-electron chi connectivity index (χ0n) is 18.6. The van der Waals surface area contributed by atoms with Gasteiger partial charge in [0.25, 0.3) is 5.91 Å². The molecule has 1 aliphatic rings. The van der Waals surface area contributed by atoms with E-state index in [2.05, 4.69) is 51.0 Å². The van der Waals surface area contributed by atoms with Crippen molar-refractivity contribution in [2.45, 2.75) is 36.7 Å². The van der Waals surface area contributed by atoms with E-state index in [4.69, 9.17) is 4.74 Å². The first-order chi connectivity index (χ1) is 15.1. The number of aliphatic imine (C=N–C) groups is 1. The van der Waals surface area contributed by atoms with Crippen LogP contribution in [-0.2, 0) is 17.8 Å². The summed E-state index contributed by atoms with van der Waals surface area (Å²) < 4.78 is 5.56. The Morgan fingerprint density at radius 1 is 1.13 bits per heavy atom. The smallest absolute Gasteiger partial charge is 0.258 e. The number of thioether (sulfide) groups is 1. The maximum atomic E-state index is 11.7. The van der Waals surface area contributed by atoms with Crippen LogP contribution in [0.5, 0.6) is 5.75 Å². The molecule has 0 unspecified atom stereocenters. The molecule has 0 heterocycles. The minimum atomic E-state index is -0.0496. The summed E-state index contributed by atoms with van der Waals surface area (Å²) in [6.07, 6.45) is 5.12. The molecule has 1 amide bonds. The minimum absolute atomic E-state index is 0.0496. The molecule has 7 heteroatoms. The van der Waals surface area contributed by atoms with Crippen molar-refractivity contribution in [2.75, 3.05) is 33.5 Å². The van der Waals surface area contributed by atoms with Crippen molar-refractivity contribution in [1.29, 1.82) is 0 Å². The van der Waals surface area contributed by atoms with E-state index in [1.54, 1.807) is 18.8 Å². The summed E-state index contributed by atoms with van der Waals surface area (Å²) in [5.41, 5.74) is 2.46. The molecule has 0 aliphatic heterocycles. The Labute approximate surface area is 189 Å². The first kappa shape index (κ1) is 23.0. The second-order valence-corrected chi connectivity index (χ2v) is 8.58. The Morgan fingerprint density at radius 3 is 2.42 bits per heavy atom. The van der Waals surface area contributed by atoms with Crippen LogP contribution in [0.4, 0.5) is 0 Å². The molecule has 166 valence electrons. The van der Waals surface area contributed by atoms with Crippen molar-refractivity contribution in [2.24, 2.45) is 4.99 Å². The van der Waals surface area contributed by atoms with Crippen LogP contribution in [0.2, 0.25) is 0 Å². The van der Waals surface area contributed by atoms with Crippen LogP contribution in [0.1, 0.15) is 24.0 Å². The molecule has 0 saturated heterocycles. The highest BCUT2D eigenvalue weighted by Gasteiger charge is 2.23. The number of hydrogen-bond acceptors (Lipinski definition) is 4. The lowest BCUT2D eigenvalue weighted by atomic mass is 10.1. The van der Waals surface area contributed by atoms with Crippen LogP contribution < -0.4 is 15.4 Å². The number of nitrogens with one attached hydrogen (secondary N) is 2. The molecular formula is C24H32N4O2S. The van der Waals surface area contributed by atoms with Gasteiger partial charge in [0, 0.05) is 38.1 Å². The molecule has 0 spiro atoms. The maximum absolute atomic E-state index is 11.7. The number of carbonyl (C=O) groups excluding carboxylic acids is 1. The van der Waals surface area contributed by atoms with E-state index in [9.17, 15) is 4.79 Å². The van der Waals surface area contributed by atoms with E-state index < -0.39 is 0 Å². The van der Waals surface area contributed by atoms with Crippen molar-refractivity contribution in [3.05, 3.63) is 59.7 Å². The molecule has 31 heavy (non-hydrogen) atoms. The van der Waals surface area contributed by atoms with Crippen LogP contribution in [-0.4, -0.2) is 56.3 Å². The average Bonchev–Trinajstić information content (AvgIpc) is 3.60. The average molecular weight is 441 g/mol. The summed E-state index contributed by atoms with van der Waals surface area (Å²) in [4.78, 5) is 19.5. The van der Waals surface area contributed by atoms with Crippen molar-refractivity contribution < 1.29 is 9.53 Å². The molecule has 1 aliphatic carbocycles. The molecule has 6 nitrogen and oxygen atoms in total. The molecule has 0 aromatic heterocycles. The third-order valence-electron chi connectivity index (χ3n) is 5.08. The molecular weight excluding hydrogens is 408 g/mol. The predicted molar refractivity (Wildman–Crippen MR) is 128 cm³/mol. The molecule has 3 rings (SSSR count). The first-order valence-electron chi connectivity index (χ1n) is 10.6. The Hall–Kier alpha value is -2.67. The van der Waals surface area contributed by atoms with E-state index in [0.29, 0.717) is 11.8 Å². The number of carbonyl (C=O) groups is 1. The predicted octanol–water partition coefficient (Wildman–Crippen LogP) is 3.32. The van der Waals surface area contributed by atoms with Gasteiger partial charge in [-0.2, -0.15) is 0 Å². The molecule has 2 aromatic rings. The third kappa shape index (κ3) is 7.83. The van der Waals surface area contributed by atoms with E-state index in [0.717, 1.165) is 38.3 Å². The second-order valence-electron chi connectivity index (χ2n) is 7.70. The number of amides is 1. The quantitative estimate of drug-likeness (QED) is 0.337. The van der Waals surface area contributed by atoms with Crippen molar-refractivity contribution in [3.63, 3.8) is 0 Å². The topological polar surface area (TPSA) is 66.0 Å². The molecule has 1 saturated carbocycles. The minimum Gasteiger partial charge on any atom is -0.484 e. The summed E-state index contributed by atoms with van der Waals surface area (Å²) in [5.74, 6) is 1.53. The number of guanidine groups is 1. The van der Waals surface area contributed by atoms with Crippen LogP contribution in [0.15, 0.2) is 58.4 Å². The van der Waals surface area contributed by atoms with Crippen molar-refractivity contribution >= 4 is 23.6 Å². The van der Waals surface area contributed by atoms with E-state index >= 15 is 0 Å². The summed E-state index contributed by atoms with van der Waals surface area (Å²) in [7, 11) is 3.85. The maximum Gasteiger partial charge on any atom is 0.258 e. The lowest BCUT2D eigenvalue weighted by Gasteiger charge is -2.22. The number of hydrogen-bond donors (Lipinski definition) is 2. The van der Waals surface area contributed by atoms with Crippen LogP contribution in [0, 0.1) is 0 Å². The zero-order chi connectivity index (χ0) is 22.1. The second kappa shape index (κ2) is 11.6. The molecule has 0 bridgehead atoms. The van der Waals surface area contributed by atoms with Gasteiger partial charge in [-0.05, 0) is 60.9 Å². The van der Waals surface area contributed by atoms with Crippen molar-refractivity contribution in [3.8, 4) is 5.75 Å². The number of benzene rings is 2. The SMILES string of the molecule is CN=C(NCCc1ccc(OCC(=O)NC2CC2)cc1)N(C)Cc1ccc(SC)cc1. The van der Waals surface area contributed by atoms with Gasteiger partial charge in [-0.25, -0.2) is 0 Å². The highest BCUT2D eigenvalue weighted by Crippen LogP contribution is 2.19. The number of ether oxygens (including phenoxy) is 1.